The highest BCUT2D eigenvalue weighted by molar-refractivity contribution is 6.19. The molecule has 0 spiro atoms. The van der Waals surface area contributed by atoms with Crippen LogP contribution in [0.5, 0.6) is 0 Å². The average Bonchev–Trinajstić information content (AvgIpc) is 3.15. The topological polar surface area (TPSA) is 0 Å². The van der Waals surface area contributed by atoms with Crippen LogP contribution >= 0.6 is 0 Å². The maximum Gasteiger partial charge on any atom is -0.000728 e. The second-order valence-corrected chi connectivity index (χ2v) is 12.4. The van der Waals surface area contributed by atoms with Gasteiger partial charge < -0.3 is 0 Å². The Balaban J connectivity index is 1.26. The van der Waals surface area contributed by atoms with Gasteiger partial charge in [0.1, 0.15) is 0 Å². The molecular formula is C47H32. The van der Waals surface area contributed by atoms with Gasteiger partial charge in [-0.05, 0) is 106 Å². The van der Waals surface area contributed by atoms with E-state index < -0.39 is 0 Å². The van der Waals surface area contributed by atoms with Gasteiger partial charge in [-0.15, -0.1) is 0 Å². The van der Waals surface area contributed by atoms with Crippen LogP contribution in [-0.2, 0) is 6.42 Å². The highest BCUT2D eigenvalue weighted by atomic mass is 14.2. The summed E-state index contributed by atoms with van der Waals surface area (Å²) >= 11 is 0. The third-order valence-electron chi connectivity index (χ3n) is 9.75. The molecule has 0 unspecified atom stereocenters. The SMILES string of the molecule is c1ccc(-c2ccc3cccc(-c4c5ccccc5c(Cc5ccccc5-c5ccc6ccccc6c5)c5ccccc45)c3c2)cc1. The number of fused-ring (bicyclic) bond motifs is 4. The Bertz CT molecular complexity index is 2530. The highest BCUT2D eigenvalue weighted by Crippen LogP contribution is 2.43. The molecule has 0 aromatic heterocycles. The van der Waals surface area contributed by atoms with Gasteiger partial charge in [0.05, 0.1) is 0 Å². The molecule has 0 nitrogen and oxygen atoms in total. The van der Waals surface area contributed by atoms with Crippen LogP contribution in [0, 0.1) is 0 Å². The number of benzene rings is 9. The van der Waals surface area contributed by atoms with Crippen molar-refractivity contribution >= 4 is 43.1 Å². The van der Waals surface area contributed by atoms with Gasteiger partial charge in [-0.3, -0.25) is 0 Å². The van der Waals surface area contributed by atoms with Crippen LogP contribution in [0.15, 0.2) is 182 Å². The fraction of sp³-hybridized carbons (Fsp3) is 0.0213. The fourth-order valence-electron chi connectivity index (χ4n) is 7.50. The number of hydrogen-bond acceptors (Lipinski definition) is 0. The Morgan fingerprint density at radius 1 is 0.298 bits per heavy atom. The Labute approximate surface area is 275 Å². The minimum atomic E-state index is 0.845. The molecule has 0 amide bonds. The van der Waals surface area contributed by atoms with Crippen molar-refractivity contribution in [2.75, 3.05) is 0 Å². The molecule has 0 atom stereocenters. The molecule has 0 aliphatic carbocycles. The van der Waals surface area contributed by atoms with E-state index in [1.807, 2.05) is 0 Å². The summed E-state index contributed by atoms with van der Waals surface area (Å²) in [6.45, 7) is 0. The third kappa shape index (κ3) is 4.78. The van der Waals surface area contributed by atoms with Crippen LogP contribution in [-0.4, -0.2) is 0 Å². The normalized spacial score (nSPS) is 11.5. The first-order chi connectivity index (χ1) is 23.3. The summed E-state index contributed by atoms with van der Waals surface area (Å²) in [6.07, 6.45) is 0.845. The Hall–Kier alpha value is -5.98. The van der Waals surface area contributed by atoms with Gasteiger partial charge in [0, 0.05) is 0 Å². The van der Waals surface area contributed by atoms with Gasteiger partial charge >= 0.3 is 0 Å². The molecule has 0 saturated heterocycles. The van der Waals surface area contributed by atoms with Crippen LogP contribution in [0.25, 0.3) is 76.5 Å². The first-order valence-electron chi connectivity index (χ1n) is 16.4. The van der Waals surface area contributed by atoms with Gasteiger partial charge in [-0.2, -0.15) is 0 Å². The van der Waals surface area contributed by atoms with E-state index in [1.165, 1.54) is 87.6 Å². The van der Waals surface area contributed by atoms with Crippen molar-refractivity contribution in [2.45, 2.75) is 6.42 Å². The van der Waals surface area contributed by atoms with E-state index in [0.717, 1.165) is 6.42 Å². The van der Waals surface area contributed by atoms with Crippen molar-refractivity contribution in [3.05, 3.63) is 193 Å². The summed E-state index contributed by atoms with van der Waals surface area (Å²) in [5, 5.41) is 10.3. The van der Waals surface area contributed by atoms with E-state index in [9.17, 15) is 0 Å². The summed E-state index contributed by atoms with van der Waals surface area (Å²) in [5.41, 5.74) is 10.3. The molecule has 9 rings (SSSR count). The third-order valence-corrected chi connectivity index (χ3v) is 9.75. The minimum absolute atomic E-state index is 0.845. The number of rotatable bonds is 5. The van der Waals surface area contributed by atoms with Crippen molar-refractivity contribution in [2.24, 2.45) is 0 Å². The summed E-state index contributed by atoms with van der Waals surface area (Å²) in [6, 6.07) is 66.7. The standard InChI is InChI=1S/C47H32/c1-2-13-32(14-3-1)36-27-26-34-18-12-24-44(45(34)30-36)47-42-22-10-8-20-40(42)46(41-21-9-11-23-43(41)47)31-37-17-6-7-19-39(37)38-28-25-33-15-4-5-16-35(33)29-38/h1-30H,31H2. The van der Waals surface area contributed by atoms with Crippen molar-refractivity contribution in [3.8, 4) is 33.4 Å². The van der Waals surface area contributed by atoms with E-state index in [1.54, 1.807) is 0 Å². The maximum atomic E-state index is 2.37. The largest absolute Gasteiger partial charge is 0.0622 e. The van der Waals surface area contributed by atoms with Crippen molar-refractivity contribution in [1.82, 2.24) is 0 Å². The van der Waals surface area contributed by atoms with E-state index in [4.69, 9.17) is 0 Å². The molecule has 9 aromatic carbocycles. The first-order valence-corrected chi connectivity index (χ1v) is 16.4. The van der Waals surface area contributed by atoms with Crippen LogP contribution in [0.1, 0.15) is 11.1 Å². The highest BCUT2D eigenvalue weighted by Gasteiger charge is 2.18. The van der Waals surface area contributed by atoms with Gasteiger partial charge in [0.15, 0.2) is 0 Å². The zero-order chi connectivity index (χ0) is 31.2. The zero-order valence-electron chi connectivity index (χ0n) is 26.0. The van der Waals surface area contributed by atoms with Crippen LogP contribution < -0.4 is 0 Å². The molecule has 0 N–H and O–H groups in total. The Morgan fingerprint density at radius 2 is 0.872 bits per heavy atom. The fourth-order valence-corrected chi connectivity index (χ4v) is 7.50. The second-order valence-electron chi connectivity index (χ2n) is 12.4. The van der Waals surface area contributed by atoms with Crippen molar-refractivity contribution in [1.29, 1.82) is 0 Å². The Morgan fingerprint density at radius 3 is 1.66 bits per heavy atom. The summed E-state index contributed by atoms with van der Waals surface area (Å²) in [4.78, 5) is 0. The van der Waals surface area contributed by atoms with Crippen LogP contribution in [0.4, 0.5) is 0 Å². The first kappa shape index (κ1) is 27.3. The van der Waals surface area contributed by atoms with Crippen LogP contribution in [0.3, 0.4) is 0 Å². The maximum absolute atomic E-state index is 2.37. The molecule has 0 aliphatic heterocycles. The van der Waals surface area contributed by atoms with Gasteiger partial charge in [0.25, 0.3) is 0 Å². The molecule has 0 heterocycles. The zero-order valence-corrected chi connectivity index (χ0v) is 26.0. The summed E-state index contributed by atoms with van der Waals surface area (Å²) < 4.78 is 0. The monoisotopic (exact) mass is 596 g/mol. The molecule has 9 aromatic rings. The molecular weight excluding hydrogens is 565 g/mol. The van der Waals surface area contributed by atoms with Gasteiger partial charge in [-0.25, -0.2) is 0 Å². The van der Waals surface area contributed by atoms with Crippen LogP contribution in [0.2, 0.25) is 0 Å². The quantitative estimate of drug-likeness (QED) is 0.173. The average molecular weight is 597 g/mol. The predicted octanol–water partition coefficient (Wildman–Crippen LogP) is 12.9. The van der Waals surface area contributed by atoms with E-state index in [0.29, 0.717) is 0 Å². The molecule has 0 fully saturated rings. The molecule has 0 saturated carbocycles. The van der Waals surface area contributed by atoms with Crippen molar-refractivity contribution < 1.29 is 0 Å². The number of hydrogen-bond donors (Lipinski definition) is 0. The Kier molecular flexibility index (Phi) is 6.65. The molecule has 0 aliphatic rings. The summed E-state index contributed by atoms with van der Waals surface area (Å²) in [7, 11) is 0. The second kappa shape index (κ2) is 11.4. The molecule has 0 heteroatoms. The molecule has 0 radical (unpaired) electrons. The smallest absolute Gasteiger partial charge is 0.000728 e. The lowest BCUT2D eigenvalue weighted by Gasteiger charge is -2.20. The predicted molar refractivity (Wildman–Crippen MR) is 202 cm³/mol. The van der Waals surface area contributed by atoms with Gasteiger partial charge in [0.2, 0.25) is 0 Å². The lowest BCUT2D eigenvalue weighted by molar-refractivity contribution is 1.23. The summed E-state index contributed by atoms with van der Waals surface area (Å²) in [5.74, 6) is 0. The van der Waals surface area contributed by atoms with E-state index in [-0.39, 0.29) is 0 Å². The van der Waals surface area contributed by atoms with Crippen molar-refractivity contribution in [3.63, 3.8) is 0 Å². The molecule has 220 valence electrons. The van der Waals surface area contributed by atoms with E-state index in [2.05, 4.69) is 182 Å². The van der Waals surface area contributed by atoms with E-state index >= 15 is 0 Å². The lowest BCUT2D eigenvalue weighted by atomic mass is 9.84. The lowest BCUT2D eigenvalue weighted by Crippen LogP contribution is -1.97. The molecule has 47 heavy (non-hydrogen) atoms. The van der Waals surface area contributed by atoms with Gasteiger partial charge in [-0.1, -0.05) is 170 Å². The molecule has 0 bridgehead atoms. The minimum Gasteiger partial charge on any atom is -0.0622 e.